The molecule has 1 rings (SSSR count). The maximum atomic E-state index is 13.5. The van der Waals surface area contributed by atoms with Crippen LogP contribution in [-0.2, 0) is 4.79 Å². The molecule has 0 fully saturated rings. The van der Waals surface area contributed by atoms with E-state index in [0.29, 0.717) is 19.6 Å². The maximum absolute atomic E-state index is 13.5. The number of carbonyl (C=O) groups excluding carboxylic acids is 1. The second-order valence-electron chi connectivity index (χ2n) is 5.84. The zero-order chi connectivity index (χ0) is 16.0. The van der Waals surface area contributed by atoms with E-state index in [2.05, 4.69) is 5.32 Å². The average molecular weight is 299 g/mol. The van der Waals surface area contributed by atoms with Crippen LogP contribution in [0.5, 0.6) is 0 Å². The molecule has 0 unspecified atom stereocenters. The predicted molar refractivity (Wildman–Crippen MR) is 79.9 cm³/mol. The summed E-state index contributed by atoms with van der Waals surface area (Å²) in [6.07, 6.45) is 0. The van der Waals surface area contributed by atoms with Crippen molar-refractivity contribution < 1.29 is 13.6 Å². The van der Waals surface area contributed by atoms with Gasteiger partial charge in [-0.3, -0.25) is 9.69 Å². The topological polar surface area (TPSA) is 58.4 Å². The zero-order valence-electron chi connectivity index (χ0n) is 12.7. The molecular formula is C15H23F2N3O. The van der Waals surface area contributed by atoms with Crippen LogP contribution in [0.2, 0.25) is 0 Å². The lowest BCUT2D eigenvalue weighted by molar-refractivity contribution is -0.117. The molecular weight excluding hydrogens is 276 g/mol. The van der Waals surface area contributed by atoms with Gasteiger partial charge in [0.1, 0.15) is 11.6 Å². The Morgan fingerprint density at radius 3 is 2.62 bits per heavy atom. The number of hydrogen-bond donors (Lipinski definition) is 2. The SMILES string of the molecule is CCN(CC(=O)Nc1cc(F)ccc1F)CC(C)(C)CN. The van der Waals surface area contributed by atoms with Gasteiger partial charge in [0.2, 0.25) is 5.91 Å². The highest BCUT2D eigenvalue weighted by molar-refractivity contribution is 5.92. The summed E-state index contributed by atoms with van der Waals surface area (Å²) in [5, 5.41) is 2.39. The molecule has 0 aliphatic heterocycles. The standard InChI is InChI=1S/C15H23F2N3O/c1-4-20(10-15(2,3)9-18)8-14(21)19-13-7-11(16)5-6-12(13)17/h5-7H,4,8-10,18H2,1-3H3,(H,19,21). The molecule has 0 aliphatic rings. The number of nitrogens with zero attached hydrogens (tertiary/aromatic N) is 1. The van der Waals surface area contributed by atoms with Crippen LogP contribution in [0.4, 0.5) is 14.5 Å². The summed E-state index contributed by atoms with van der Waals surface area (Å²) in [7, 11) is 0. The number of carbonyl (C=O) groups is 1. The van der Waals surface area contributed by atoms with Gasteiger partial charge in [-0.2, -0.15) is 0 Å². The Balaban J connectivity index is 2.65. The third kappa shape index (κ3) is 5.77. The number of amides is 1. The second-order valence-corrected chi connectivity index (χ2v) is 5.84. The van der Waals surface area contributed by atoms with Crippen molar-refractivity contribution in [2.45, 2.75) is 20.8 Å². The van der Waals surface area contributed by atoms with Crippen molar-refractivity contribution in [3.05, 3.63) is 29.8 Å². The molecule has 0 bridgehead atoms. The summed E-state index contributed by atoms with van der Waals surface area (Å²) in [4.78, 5) is 13.9. The molecule has 3 N–H and O–H groups in total. The number of likely N-dealkylation sites (N-methyl/N-ethyl adjacent to an activating group) is 1. The number of anilines is 1. The van der Waals surface area contributed by atoms with Gasteiger partial charge in [-0.15, -0.1) is 0 Å². The minimum atomic E-state index is -0.657. The van der Waals surface area contributed by atoms with Crippen LogP contribution in [0.15, 0.2) is 18.2 Å². The fraction of sp³-hybridized carbons (Fsp3) is 0.533. The first-order valence-electron chi connectivity index (χ1n) is 6.94. The average Bonchev–Trinajstić information content (AvgIpc) is 2.42. The molecule has 1 amide bonds. The Hall–Kier alpha value is -1.53. The van der Waals surface area contributed by atoms with Gasteiger partial charge in [-0.1, -0.05) is 20.8 Å². The molecule has 0 heterocycles. The molecule has 0 radical (unpaired) electrons. The normalized spacial score (nSPS) is 11.8. The van der Waals surface area contributed by atoms with Gasteiger partial charge in [-0.05, 0) is 30.6 Å². The van der Waals surface area contributed by atoms with Crippen molar-refractivity contribution in [3.63, 3.8) is 0 Å². The van der Waals surface area contributed by atoms with E-state index in [-0.39, 0.29) is 23.6 Å². The molecule has 118 valence electrons. The molecule has 0 aliphatic carbocycles. The second kappa shape index (κ2) is 7.47. The fourth-order valence-corrected chi connectivity index (χ4v) is 1.94. The van der Waals surface area contributed by atoms with Crippen LogP contribution in [0, 0.1) is 17.0 Å². The van der Waals surface area contributed by atoms with Crippen LogP contribution < -0.4 is 11.1 Å². The molecule has 1 aromatic carbocycles. The third-order valence-electron chi connectivity index (χ3n) is 3.22. The van der Waals surface area contributed by atoms with Crippen molar-refractivity contribution in [1.82, 2.24) is 4.90 Å². The Bertz CT molecular complexity index is 492. The van der Waals surface area contributed by atoms with Crippen molar-refractivity contribution in [2.75, 3.05) is 31.5 Å². The fourth-order valence-electron chi connectivity index (χ4n) is 1.94. The lowest BCUT2D eigenvalue weighted by atomic mass is 9.93. The number of benzene rings is 1. The van der Waals surface area contributed by atoms with Crippen LogP contribution >= 0.6 is 0 Å². The highest BCUT2D eigenvalue weighted by Crippen LogP contribution is 2.17. The van der Waals surface area contributed by atoms with E-state index in [1.165, 1.54) is 0 Å². The molecule has 0 aromatic heterocycles. The van der Waals surface area contributed by atoms with Crippen molar-refractivity contribution >= 4 is 11.6 Å². The first-order chi connectivity index (χ1) is 9.77. The first-order valence-corrected chi connectivity index (χ1v) is 6.94. The smallest absolute Gasteiger partial charge is 0.238 e. The number of nitrogens with one attached hydrogen (secondary N) is 1. The van der Waals surface area contributed by atoms with Crippen molar-refractivity contribution in [2.24, 2.45) is 11.1 Å². The number of rotatable bonds is 7. The molecule has 21 heavy (non-hydrogen) atoms. The van der Waals surface area contributed by atoms with E-state index >= 15 is 0 Å². The monoisotopic (exact) mass is 299 g/mol. The summed E-state index contributed by atoms with van der Waals surface area (Å²) < 4.78 is 26.5. The van der Waals surface area contributed by atoms with Gasteiger partial charge in [0.05, 0.1) is 12.2 Å². The van der Waals surface area contributed by atoms with E-state index in [1.807, 2.05) is 25.7 Å². The maximum Gasteiger partial charge on any atom is 0.238 e. The Morgan fingerprint density at radius 1 is 1.38 bits per heavy atom. The molecule has 0 saturated carbocycles. The van der Waals surface area contributed by atoms with Gasteiger partial charge < -0.3 is 11.1 Å². The summed E-state index contributed by atoms with van der Waals surface area (Å²) in [5.74, 6) is -1.63. The predicted octanol–water partition coefficient (Wildman–Crippen LogP) is 2.21. The van der Waals surface area contributed by atoms with Gasteiger partial charge >= 0.3 is 0 Å². The third-order valence-corrected chi connectivity index (χ3v) is 3.22. The minimum absolute atomic E-state index is 0.107. The lowest BCUT2D eigenvalue weighted by Crippen LogP contribution is -2.42. The summed E-state index contributed by atoms with van der Waals surface area (Å²) in [6.45, 7) is 7.89. The molecule has 6 heteroatoms. The highest BCUT2D eigenvalue weighted by Gasteiger charge is 2.21. The number of nitrogens with two attached hydrogens (primary N) is 1. The van der Waals surface area contributed by atoms with Crippen molar-refractivity contribution in [1.29, 1.82) is 0 Å². The van der Waals surface area contributed by atoms with E-state index in [4.69, 9.17) is 5.73 Å². The van der Waals surface area contributed by atoms with E-state index in [0.717, 1.165) is 18.2 Å². The van der Waals surface area contributed by atoms with Gasteiger partial charge in [0.15, 0.2) is 0 Å². The van der Waals surface area contributed by atoms with Crippen LogP contribution in [0.3, 0.4) is 0 Å². The van der Waals surface area contributed by atoms with E-state index < -0.39 is 11.6 Å². The van der Waals surface area contributed by atoms with Crippen LogP contribution in [0.25, 0.3) is 0 Å². The zero-order valence-corrected chi connectivity index (χ0v) is 12.7. The first kappa shape index (κ1) is 17.5. The largest absolute Gasteiger partial charge is 0.330 e. The molecule has 1 aromatic rings. The van der Waals surface area contributed by atoms with Crippen LogP contribution in [-0.4, -0.2) is 37.0 Å². The van der Waals surface area contributed by atoms with E-state index in [1.54, 1.807) is 0 Å². The van der Waals surface area contributed by atoms with Gasteiger partial charge in [0, 0.05) is 12.6 Å². The molecule has 0 saturated heterocycles. The van der Waals surface area contributed by atoms with Crippen LogP contribution in [0.1, 0.15) is 20.8 Å². The highest BCUT2D eigenvalue weighted by atomic mass is 19.1. The summed E-state index contributed by atoms with van der Waals surface area (Å²) in [5.41, 5.74) is 5.43. The Morgan fingerprint density at radius 2 is 2.05 bits per heavy atom. The van der Waals surface area contributed by atoms with Gasteiger partial charge in [0.25, 0.3) is 0 Å². The number of halogens is 2. The van der Waals surface area contributed by atoms with E-state index in [9.17, 15) is 13.6 Å². The molecule has 0 atom stereocenters. The summed E-state index contributed by atoms with van der Waals surface area (Å²) >= 11 is 0. The molecule has 0 spiro atoms. The van der Waals surface area contributed by atoms with Crippen molar-refractivity contribution in [3.8, 4) is 0 Å². The Labute approximate surface area is 124 Å². The minimum Gasteiger partial charge on any atom is -0.330 e. The molecule has 4 nitrogen and oxygen atoms in total. The summed E-state index contributed by atoms with van der Waals surface area (Å²) in [6, 6.07) is 2.96. The van der Waals surface area contributed by atoms with Gasteiger partial charge in [-0.25, -0.2) is 8.78 Å². The number of hydrogen-bond acceptors (Lipinski definition) is 3. The lowest BCUT2D eigenvalue weighted by Gasteiger charge is -2.30. The quantitative estimate of drug-likeness (QED) is 0.811. The Kier molecular flexibility index (Phi) is 6.23.